The van der Waals surface area contributed by atoms with Gasteiger partial charge in [0, 0.05) is 31.7 Å². The predicted molar refractivity (Wildman–Crippen MR) is 106 cm³/mol. The number of hydrogen-bond acceptors (Lipinski definition) is 7. The number of non-ortho nitro benzene ring substituents is 1. The molecule has 148 valence electrons. The van der Waals surface area contributed by atoms with Gasteiger partial charge in [0.05, 0.1) is 15.9 Å². The van der Waals surface area contributed by atoms with Gasteiger partial charge >= 0.3 is 0 Å². The van der Waals surface area contributed by atoms with Gasteiger partial charge in [-0.2, -0.15) is 0 Å². The van der Waals surface area contributed by atoms with E-state index < -0.39 is 9.85 Å². The summed E-state index contributed by atoms with van der Waals surface area (Å²) in [5, 5.41) is 22.2. The van der Waals surface area contributed by atoms with E-state index in [-0.39, 0.29) is 17.4 Å². The molecular weight excluding hydrogens is 362 g/mol. The second-order valence-corrected chi connectivity index (χ2v) is 6.94. The van der Waals surface area contributed by atoms with E-state index in [1.54, 1.807) is 11.9 Å². The van der Waals surface area contributed by atoms with Crippen LogP contribution in [0.3, 0.4) is 0 Å². The van der Waals surface area contributed by atoms with Gasteiger partial charge in [-0.15, -0.1) is 0 Å². The molecule has 0 aliphatic carbocycles. The van der Waals surface area contributed by atoms with Crippen molar-refractivity contribution in [3.05, 3.63) is 74.3 Å². The maximum absolute atomic E-state index is 11.3. The Hall–Kier alpha value is -3.04. The van der Waals surface area contributed by atoms with Crippen LogP contribution in [0.25, 0.3) is 0 Å². The molecule has 0 aromatic heterocycles. The maximum Gasteiger partial charge on any atom is 0.299 e. The fourth-order valence-electron chi connectivity index (χ4n) is 3.51. The van der Waals surface area contributed by atoms with E-state index in [1.165, 1.54) is 17.7 Å². The largest absolute Gasteiger partial charge is 0.369 e. The third-order valence-electron chi connectivity index (χ3n) is 5.01. The molecule has 2 unspecified atom stereocenters. The molecular formula is C19H23N5O4. The molecule has 2 aromatic rings. The van der Waals surface area contributed by atoms with Crippen molar-refractivity contribution in [3.63, 3.8) is 0 Å². The molecule has 0 saturated carbocycles. The summed E-state index contributed by atoms with van der Waals surface area (Å²) in [4.78, 5) is 22.7. The molecule has 3 rings (SSSR count). The molecule has 1 saturated heterocycles. The van der Waals surface area contributed by atoms with Crippen molar-refractivity contribution < 1.29 is 9.85 Å². The Morgan fingerprint density at radius 3 is 2.50 bits per heavy atom. The van der Waals surface area contributed by atoms with E-state index in [0.717, 1.165) is 25.3 Å². The average molecular weight is 385 g/mol. The molecule has 2 aromatic carbocycles. The van der Waals surface area contributed by atoms with Crippen molar-refractivity contribution in [2.45, 2.75) is 31.3 Å². The van der Waals surface area contributed by atoms with Crippen LogP contribution in [0, 0.1) is 20.2 Å². The molecule has 1 aliphatic heterocycles. The van der Waals surface area contributed by atoms with Crippen LogP contribution in [0.1, 0.15) is 30.9 Å². The lowest BCUT2D eigenvalue weighted by Crippen LogP contribution is -2.31. The number of hydrogen-bond donors (Lipinski definition) is 2. The average Bonchev–Trinajstić information content (AvgIpc) is 3.17. The van der Waals surface area contributed by atoms with Crippen molar-refractivity contribution >= 4 is 17.1 Å². The summed E-state index contributed by atoms with van der Waals surface area (Å²) in [6.45, 7) is 0.618. The molecule has 0 spiro atoms. The Morgan fingerprint density at radius 1 is 1.07 bits per heavy atom. The van der Waals surface area contributed by atoms with Crippen LogP contribution in [-0.4, -0.2) is 29.5 Å². The quantitative estimate of drug-likeness (QED) is 0.529. The monoisotopic (exact) mass is 385 g/mol. The minimum atomic E-state index is -0.626. The molecule has 0 bridgehead atoms. The van der Waals surface area contributed by atoms with Gasteiger partial charge < -0.3 is 4.90 Å². The lowest BCUT2D eigenvalue weighted by atomic mass is 10.00. The SMILES string of the molecule is CN(CCCC1CC(c2ccccc2)NN1)c1ccc([N+](=O)[O-])cc1[N+](=O)[O-]. The van der Waals surface area contributed by atoms with Crippen LogP contribution in [0.5, 0.6) is 0 Å². The Morgan fingerprint density at radius 2 is 1.82 bits per heavy atom. The first kappa shape index (κ1) is 19.7. The second-order valence-electron chi connectivity index (χ2n) is 6.94. The molecule has 2 N–H and O–H groups in total. The van der Waals surface area contributed by atoms with Crippen LogP contribution < -0.4 is 15.8 Å². The molecule has 1 aliphatic rings. The summed E-state index contributed by atoms with van der Waals surface area (Å²) in [5.74, 6) is 0. The zero-order chi connectivity index (χ0) is 20.1. The van der Waals surface area contributed by atoms with E-state index in [1.807, 2.05) is 18.2 Å². The van der Waals surface area contributed by atoms with Gasteiger partial charge in [0.25, 0.3) is 11.4 Å². The van der Waals surface area contributed by atoms with Crippen LogP contribution in [0.4, 0.5) is 17.1 Å². The smallest absolute Gasteiger partial charge is 0.299 e. The molecule has 2 atom stereocenters. The number of nitrogens with zero attached hydrogens (tertiary/aromatic N) is 3. The standard InChI is InChI=1S/C19H23N5O4/c1-22(18-10-9-16(23(25)26)13-19(18)24(27)28)11-5-8-15-12-17(21-20-15)14-6-3-2-4-7-14/h2-4,6-7,9-10,13,15,17,20-21H,5,8,11-12H2,1H3. The second kappa shape index (κ2) is 8.77. The summed E-state index contributed by atoms with van der Waals surface area (Å²) in [7, 11) is 1.77. The number of nitro benzene ring substituents is 2. The Balaban J connectivity index is 1.54. The topological polar surface area (TPSA) is 114 Å². The third kappa shape index (κ3) is 4.62. The Bertz CT molecular complexity index is 845. The van der Waals surface area contributed by atoms with E-state index in [0.29, 0.717) is 18.3 Å². The fourth-order valence-corrected chi connectivity index (χ4v) is 3.51. The van der Waals surface area contributed by atoms with E-state index >= 15 is 0 Å². The number of hydrazine groups is 1. The van der Waals surface area contributed by atoms with Gasteiger partial charge in [-0.25, -0.2) is 0 Å². The highest BCUT2D eigenvalue weighted by atomic mass is 16.6. The van der Waals surface area contributed by atoms with Crippen molar-refractivity contribution in [2.75, 3.05) is 18.5 Å². The Kier molecular flexibility index (Phi) is 6.17. The molecule has 0 amide bonds. The maximum atomic E-state index is 11.3. The van der Waals surface area contributed by atoms with Crippen molar-refractivity contribution in [1.29, 1.82) is 0 Å². The number of rotatable bonds is 8. The van der Waals surface area contributed by atoms with Crippen LogP contribution in [0.15, 0.2) is 48.5 Å². The lowest BCUT2D eigenvalue weighted by Gasteiger charge is -2.20. The minimum Gasteiger partial charge on any atom is -0.369 e. The summed E-state index contributed by atoms with van der Waals surface area (Å²) in [6.07, 6.45) is 2.73. The summed E-state index contributed by atoms with van der Waals surface area (Å²) >= 11 is 0. The zero-order valence-corrected chi connectivity index (χ0v) is 15.6. The number of nitrogens with one attached hydrogen (secondary N) is 2. The summed E-state index contributed by atoms with van der Waals surface area (Å²) in [6, 6.07) is 14.6. The highest BCUT2D eigenvalue weighted by Crippen LogP contribution is 2.31. The number of anilines is 1. The van der Waals surface area contributed by atoms with Crippen molar-refractivity contribution in [1.82, 2.24) is 10.9 Å². The first-order chi connectivity index (χ1) is 13.5. The molecule has 0 radical (unpaired) electrons. The van der Waals surface area contributed by atoms with Crippen LogP contribution in [0.2, 0.25) is 0 Å². The van der Waals surface area contributed by atoms with Gasteiger partial charge in [-0.05, 0) is 30.9 Å². The minimum absolute atomic E-state index is 0.249. The molecule has 9 nitrogen and oxygen atoms in total. The highest BCUT2D eigenvalue weighted by Gasteiger charge is 2.25. The molecule has 28 heavy (non-hydrogen) atoms. The molecule has 1 fully saturated rings. The number of benzene rings is 2. The van der Waals surface area contributed by atoms with Gasteiger partial charge in [0.2, 0.25) is 0 Å². The van der Waals surface area contributed by atoms with Gasteiger partial charge in [-0.1, -0.05) is 30.3 Å². The fraction of sp³-hybridized carbons (Fsp3) is 0.368. The van der Waals surface area contributed by atoms with E-state index in [4.69, 9.17) is 0 Å². The van der Waals surface area contributed by atoms with Crippen molar-refractivity contribution in [3.8, 4) is 0 Å². The summed E-state index contributed by atoms with van der Waals surface area (Å²) < 4.78 is 0. The van der Waals surface area contributed by atoms with E-state index in [2.05, 4.69) is 23.0 Å². The van der Waals surface area contributed by atoms with Gasteiger partial charge in [-0.3, -0.25) is 31.1 Å². The molecule has 9 heteroatoms. The zero-order valence-electron chi connectivity index (χ0n) is 15.6. The Labute approximate surface area is 162 Å². The van der Waals surface area contributed by atoms with Gasteiger partial charge in [0.1, 0.15) is 5.69 Å². The predicted octanol–water partition coefficient (Wildman–Crippen LogP) is 3.33. The van der Waals surface area contributed by atoms with Crippen LogP contribution in [-0.2, 0) is 0 Å². The normalized spacial score (nSPS) is 18.8. The molecule has 1 heterocycles. The van der Waals surface area contributed by atoms with Crippen LogP contribution >= 0.6 is 0 Å². The highest BCUT2D eigenvalue weighted by molar-refractivity contribution is 5.66. The van der Waals surface area contributed by atoms with Gasteiger partial charge in [0.15, 0.2) is 0 Å². The number of nitro groups is 2. The first-order valence-corrected chi connectivity index (χ1v) is 9.15. The lowest BCUT2D eigenvalue weighted by molar-refractivity contribution is -0.393. The first-order valence-electron chi connectivity index (χ1n) is 9.15. The third-order valence-corrected chi connectivity index (χ3v) is 5.01. The van der Waals surface area contributed by atoms with E-state index in [9.17, 15) is 20.2 Å². The summed E-state index contributed by atoms with van der Waals surface area (Å²) in [5.41, 5.74) is 7.74. The van der Waals surface area contributed by atoms with Crippen molar-refractivity contribution in [2.24, 2.45) is 0 Å².